The van der Waals surface area contributed by atoms with Gasteiger partial charge in [0.15, 0.2) is 5.82 Å². The second-order valence-electron chi connectivity index (χ2n) is 4.31. The molecule has 14 heavy (non-hydrogen) atoms. The minimum atomic E-state index is -0.277. The van der Waals surface area contributed by atoms with E-state index in [-0.39, 0.29) is 5.54 Å². The van der Waals surface area contributed by atoms with Gasteiger partial charge in [-0.1, -0.05) is 25.7 Å². The zero-order valence-corrected chi connectivity index (χ0v) is 8.71. The molecule has 0 saturated heterocycles. The van der Waals surface area contributed by atoms with Crippen LogP contribution in [0.15, 0.2) is 0 Å². The summed E-state index contributed by atoms with van der Waals surface area (Å²) in [6.45, 7) is 1.91. The molecule has 4 nitrogen and oxygen atoms in total. The first-order chi connectivity index (χ1) is 6.71. The van der Waals surface area contributed by atoms with Crippen molar-refractivity contribution in [3.8, 4) is 0 Å². The molecular weight excluding hydrogens is 176 g/mol. The van der Waals surface area contributed by atoms with E-state index in [0.717, 1.165) is 24.5 Å². The van der Waals surface area contributed by atoms with Gasteiger partial charge in [-0.05, 0) is 19.8 Å². The molecule has 4 heteroatoms. The molecule has 0 radical (unpaired) electrons. The van der Waals surface area contributed by atoms with Gasteiger partial charge >= 0.3 is 0 Å². The molecule has 1 saturated carbocycles. The Morgan fingerprint density at radius 1 is 1.21 bits per heavy atom. The van der Waals surface area contributed by atoms with Crippen LogP contribution in [0.4, 0.5) is 0 Å². The van der Waals surface area contributed by atoms with Crippen molar-refractivity contribution in [1.82, 2.24) is 15.2 Å². The largest absolute Gasteiger partial charge is 0.319 e. The van der Waals surface area contributed by atoms with Gasteiger partial charge in [0.2, 0.25) is 0 Å². The summed E-state index contributed by atoms with van der Waals surface area (Å²) >= 11 is 0. The summed E-state index contributed by atoms with van der Waals surface area (Å²) in [5.74, 6) is 1.66. The van der Waals surface area contributed by atoms with Crippen LogP contribution >= 0.6 is 0 Å². The van der Waals surface area contributed by atoms with Crippen molar-refractivity contribution in [3.63, 3.8) is 0 Å². The van der Waals surface area contributed by atoms with E-state index in [1.165, 1.54) is 25.7 Å². The van der Waals surface area contributed by atoms with Gasteiger partial charge in [0.05, 0.1) is 5.54 Å². The summed E-state index contributed by atoms with van der Waals surface area (Å²) in [7, 11) is 0. The summed E-state index contributed by atoms with van der Waals surface area (Å²) in [6.07, 6.45) is 7.02. The van der Waals surface area contributed by atoms with E-state index in [9.17, 15) is 0 Å². The van der Waals surface area contributed by atoms with Gasteiger partial charge in [-0.3, -0.25) is 5.10 Å². The average molecular weight is 194 g/mol. The highest BCUT2D eigenvalue weighted by Gasteiger charge is 2.31. The van der Waals surface area contributed by atoms with Crippen LogP contribution < -0.4 is 5.73 Å². The Morgan fingerprint density at radius 2 is 1.86 bits per heavy atom. The first-order valence-electron chi connectivity index (χ1n) is 5.39. The van der Waals surface area contributed by atoms with Crippen LogP contribution in [0.2, 0.25) is 0 Å². The first-order valence-corrected chi connectivity index (χ1v) is 5.39. The molecule has 1 aliphatic rings. The third-order valence-electron chi connectivity index (χ3n) is 3.04. The minimum absolute atomic E-state index is 0.277. The highest BCUT2D eigenvalue weighted by Crippen LogP contribution is 2.31. The van der Waals surface area contributed by atoms with Crippen molar-refractivity contribution in [3.05, 3.63) is 11.6 Å². The number of nitrogens with two attached hydrogens (primary N) is 1. The van der Waals surface area contributed by atoms with Gasteiger partial charge < -0.3 is 5.73 Å². The molecule has 0 amide bonds. The lowest BCUT2D eigenvalue weighted by Crippen LogP contribution is -2.37. The molecular formula is C10H18N4. The zero-order valence-electron chi connectivity index (χ0n) is 8.71. The molecule has 0 aromatic carbocycles. The molecule has 3 N–H and O–H groups in total. The molecule has 1 aromatic rings. The van der Waals surface area contributed by atoms with Crippen LogP contribution in [0.5, 0.6) is 0 Å². The van der Waals surface area contributed by atoms with Crippen molar-refractivity contribution in [2.24, 2.45) is 5.73 Å². The van der Waals surface area contributed by atoms with E-state index in [1.54, 1.807) is 0 Å². The lowest BCUT2D eigenvalue weighted by Gasteiger charge is -2.24. The molecule has 1 fully saturated rings. The van der Waals surface area contributed by atoms with Gasteiger partial charge in [-0.25, -0.2) is 4.98 Å². The van der Waals surface area contributed by atoms with Gasteiger partial charge in [0.1, 0.15) is 5.82 Å². The SMILES string of the molecule is Cc1nc(C2(N)CCCCCC2)n[nH]1. The Bertz CT molecular complexity index is 297. The number of hydrogen-bond donors (Lipinski definition) is 2. The number of H-pyrrole nitrogens is 1. The number of aryl methyl sites for hydroxylation is 1. The molecule has 0 aliphatic heterocycles. The van der Waals surface area contributed by atoms with Crippen LogP contribution in [-0.2, 0) is 5.54 Å². The summed E-state index contributed by atoms with van der Waals surface area (Å²) in [5, 5.41) is 7.06. The lowest BCUT2D eigenvalue weighted by atomic mass is 9.91. The topological polar surface area (TPSA) is 67.6 Å². The Hall–Kier alpha value is -0.900. The fourth-order valence-electron chi connectivity index (χ4n) is 2.15. The molecule has 78 valence electrons. The fraction of sp³-hybridized carbons (Fsp3) is 0.800. The fourth-order valence-corrected chi connectivity index (χ4v) is 2.15. The van der Waals surface area contributed by atoms with Gasteiger partial charge in [-0.2, -0.15) is 5.10 Å². The number of hydrogen-bond acceptors (Lipinski definition) is 3. The maximum atomic E-state index is 6.35. The van der Waals surface area contributed by atoms with E-state index in [2.05, 4.69) is 15.2 Å². The molecule has 0 bridgehead atoms. The monoisotopic (exact) mass is 194 g/mol. The number of nitrogens with one attached hydrogen (secondary N) is 1. The number of nitrogens with zero attached hydrogens (tertiary/aromatic N) is 2. The summed E-state index contributed by atoms with van der Waals surface area (Å²) < 4.78 is 0. The van der Waals surface area contributed by atoms with Gasteiger partial charge in [0, 0.05) is 0 Å². The number of aromatic nitrogens is 3. The molecule has 0 unspecified atom stereocenters. The van der Waals surface area contributed by atoms with Crippen molar-refractivity contribution in [2.75, 3.05) is 0 Å². The number of rotatable bonds is 1. The average Bonchev–Trinajstić information content (AvgIpc) is 2.47. The molecule has 1 heterocycles. The van der Waals surface area contributed by atoms with Gasteiger partial charge in [-0.15, -0.1) is 0 Å². The Balaban J connectivity index is 2.20. The maximum Gasteiger partial charge on any atom is 0.170 e. The predicted molar refractivity (Wildman–Crippen MR) is 54.7 cm³/mol. The van der Waals surface area contributed by atoms with E-state index in [1.807, 2.05) is 6.92 Å². The van der Waals surface area contributed by atoms with Gasteiger partial charge in [0.25, 0.3) is 0 Å². The maximum absolute atomic E-state index is 6.35. The Morgan fingerprint density at radius 3 is 2.36 bits per heavy atom. The second-order valence-corrected chi connectivity index (χ2v) is 4.31. The van der Waals surface area contributed by atoms with Crippen molar-refractivity contribution in [1.29, 1.82) is 0 Å². The molecule has 0 atom stereocenters. The summed E-state index contributed by atoms with van der Waals surface area (Å²) in [4.78, 5) is 4.36. The van der Waals surface area contributed by atoms with E-state index < -0.39 is 0 Å². The van der Waals surface area contributed by atoms with Crippen molar-refractivity contribution >= 4 is 0 Å². The highest BCUT2D eigenvalue weighted by atomic mass is 15.2. The van der Waals surface area contributed by atoms with Crippen LogP contribution in [0, 0.1) is 6.92 Å². The third-order valence-corrected chi connectivity index (χ3v) is 3.04. The minimum Gasteiger partial charge on any atom is -0.319 e. The standard InChI is InChI=1S/C10H18N4/c1-8-12-9(14-13-8)10(11)6-4-2-3-5-7-10/h2-7,11H2,1H3,(H,12,13,14). The van der Waals surface area contributed by atoms with E-state index >= 15 is 0 Å². The van der Waals surface area contributed by atoms with Crippen LogP contribution in [0.1, 0.15) is 50.2 Å². The van der Waals surface area contributed by atoms with E-state index in [0.29, 0.717) is 0 Å². The highest BCUT2D eigenvalue weighted by molar-refractivity contribution is 5.05. The summed E-state index contributed by atoms with van der Waals surface area (Å²) in [5.41, 5.74) is 6.07. The Labute approximate surface area is 84.3 Å². The van der Waals surface area contributed by atoms with Crippen molar-refractivity contribution < 1.29 is 0 Å². The number of aromatic amines is 1. The van der Waals surface area contributed by atoms with E-state index in [4.69, 9.17) is 5.73 Å². The lowest BCUT2D eigenvalue weighted by molar-refractivity contribution is 0.363. The molecule has 2 rings (SSSR count). The normalized spacial score (nSPS) is 21.9. The van der Waals surface area contributed by atoms with Crippen LogP contribution in [0.25, 0.3) is 0 Å². The smallest absolute Gasteiger partial charge is 0.170 e. The van der Waals surface area contributed by atoms with Crippen LogP contribution in [-0.4, -0.2) is 15.2 Å². The summed E-state index contributed by atoms with van der Waals surface area (Å²) in [6, 6.07) is 0. The molecule has 0 spiro atoms. The second kappa shape index (κ2) is 3.69. The van der Waals surface area contributed by atoms with Crippen molar-refractivity contribution in [2.45, 2.75) is 51.0 Å². The molecule has 1 aromatic heterocycles. The quantitative estimate of drug-likeness (QED) is 0.667. The predicted octanol–water partition coefficient (Wildman–Crippen LogP) is 1.62. The Kier molecular flexibility index (Phi) is 2.54. The molecule has 1 aliphatic carbocycles. The first kappa shape index (κ1) is 9.65. The van der Waals surface area contributed by atoms with Crippen LogP contribution in [0.3, 0.4) is 0 Å². The third kappa shape index (κ3) is 1.80. The zero-order chi connectivity index (χ0) is 10.0.